The van der Waals surface area contributed by atoms with Crippen molar-refractivity contribution >= 4 is 33.5 Å². The molecule has 0 amide bonds. The lowest BCUT2D eigenvalue weighted by atomic mass is 9.99. The number of carbonyl (C=O) groups is 1. The van der Waals surface area contributed by atoms with Crippen molar-refractivity contribution in [3.63, 3.8) is 0 Å². The quantitative estimate of drug-likeness (QED) is 0.596. The van der Waals surface area contributed by atoms with Crippen LogP contribution in [0.2, 0.25) is 5.02 Å². The first-order valence-corrected chi connectivity index (χ1v) is 8.78. The first-order chi connectivity index (χ1) is 11.8. The maximum absolute atomic E-state index is 11.3. The molecule has 7 heteroatoms. The molecule has 0 radical (unpaired) electrons. The Kier molecular flexibility index (Phi) is 6.70. The molecule has 5 nitrogen and oxygen atoms in total. The minimum atomic E-state index is -0.977. The number of aliphatic carboxylic acids is 1. The summed E-state index contributed by atoms with van der Waals surface area (Å²) >= 11 is 9.29. The van der Waals surface area contributed by atoms with E-state index in [0.717, 1.165) is 11.3 Å². The largest absolute Gasteiger partial charge is 0.506 e. The molecule has 2 rings (SSSR count). The Labute approximate surface area is 159 Å². The van der Waals surface area contributed by atoms with E-state index in [4.69, 9.17) is 16.3 Å². The van der Waals surface area contributed by atoms with Crippen LogP contribution in [0, 0.1) is 0 Å². The summed E-state index contributed by atoms with van der Waals surface area (Å²) in [6.07, 6.45) is -0.194. The fourth-order valence-electron chi connectivity index (χ4n) is 2.58. The maximum atomic E-state index is 11.3. The normalized spacial score (nSPS) is 13.3. The third-order valence-electron chi connectivity index (χ3n) is 3.88. The van der Waals surface area contributed by atoms with Crippen LogP contribution in [0.5, 0.6) is 11.5 Å². The van der Waals surface area contributed by atoms with Gasteiger partial charge in [-0.2, -0.15) is 0 Å². The summed E-state index contributed by atoms with van der Waals surface area (Å²) in [5.41, 5.74) is 1.40. The lowest BCUT2D eigenvalue weighted by Crippen LogP contribution is -2.27. The van der Waals surface area contributed by atoms with E-state index in [-0.39, 0.29) is 18.2 Å². The van der Waals surface area contributed by atoms with Crippen LogP contribution in [-0.2, 0) is 4.79 Å². The molecule has 0 saturated carbocycles. The standard InChI is InChI=1S/C18H19BrClNO4/c1-10(11-3-5-13(25-2)6-4-11)21-16(9-17(22)23)14-7-12(20)8-15(19)18(14)24/h3-8,10,16,21,24H,9H2,1-2H3,(H,22,23)/t10-,16-/m0/s1. The Hall–Kier alpha value is -1.76. The number of rotatable bonds is 7. The van der Waals surface area contributed by atoms with Crippen LogP contribution in [0.15, 0.2) is 40.9 Å². The monoisotopic (exact) mass is 427 g/mol. The number of methoxy groups -OCH3 is 1. The molecule has 0 fully saturated rings. The number of benzene rings is 2. The van der Waals surface area contributed by atoms with Gasteiger partial charge < -0.3 is 20.3 Å². The van der Waals surface area contributed by atoms with Crippen molar-refractivity contribution < 1.29 is 19.7 Å². The van der Waals surface area contributed by atoms with Gasteiger partial charge in [0.2, 0.25) is 0 Å². The minimum Gasteiger partial charge on any atom is -0.506 e. The highest BCUT2D eigenvalue weighted by Gasteiger charge is 2.23. The van der Waals surface area contributed by atoms with E-state index in [9.17, 15) is 15.0 Å². The van der Waals surface area contributed by atoms with E-state index in [2.05, 4.69) is 21.2 Å². The number of carboxylic acid groups (broad SMARTS) is 1. The van der Waals surface area contributed by atoms with Crippen molar-refractivity contribution in [1.29, 1.82) is 0 Å². The van der Waals surface area contributed by atoms with Crippen molar-refractivity contribution in [2.45, 2.75) is 25.4 Å². The first-order valence-electron chi connectivity index (χ1n) is 7.61. The third kappa shape index (κ3) is 5.11. The van der Waals surface area contributed by atoms with E-state index >= 15 is 0 Å². The number of ether oxygens (including phenoxy) is 1. The molecule has 0 aliphatic heterocycles. The van der Waals surface area contributed by atoms with Crippen molar-refractivity contribution in [2.75, 3.05) is 7.11 Å². The Morgan fingerprint density at radius 1 is 1.32 bits per heavy atom. The molecule has 2 aromatic rings. The highest BCUT2D eigenvalue weighted by atomic mass is 79.9. The average molecular weight is 429 g/mol. The highest BCUT2D eigenvalue weighted by Crippen LogP contribution is 2.37. The van der Waals surface area contributed by atoms with Crippen LogP contribution < -0.4 is 10.1 Å². The number of hydrogen-bond acceptors (Lipinski definition) is 4. The molecule has 0 bridgehead atoms. The molecule has 0 aliphatic rings. The van der Waals surface area contributed by atoms with Gasteiger partial charge in [-0.1, -0.05) is 23.7 Å². The SMILES string of the molecule is COc1ccc([C@H](C)N[C@@H](CC(=O)O)c2cc(Cl)cc(Br)c2O)cc1. The Bertz CT molecular complexity index is 751. The second-order valence-corrected chi connectivity index (χ2v) is 6.93. The van der Waals surface area contributed by atoms with Gasteiger partial charge in [-0.25, -0.2) is 0 Å². The van der Waals surface area contributed by atoms with Crippen LogP contribution in [-0.4, -0.2) is 23.3 Å². The molecule has 2 atom stereocenters. The van der Waals surface area contributed by atoms with Crippen molar-refractivity contribution in [3.8, 4) is 11.5 Å². The highest BCUT2D eigenvalue weighted by molar-refractivity contribution is 9.10. The van der Waals surface area contributed by atoms with E-state index in [1.54, 1.807) is 19.2 Å². The zero-order valence-electron chi connectivity index (χ0n) is 13.8. The number of halogens is 2. The summed E-state index contributed by atoms with van der Waals surface area (Å²) in [7, 11) is 1.60. The molecule has 0 aromatic heterocycles. The first kappa shape index (κ1) is 19.6. The van der Waals surface area contributed by atoms with Gasteiger partial charge in [-0.05, 0) is 52.7 Å². The van der Waals surface area contributed by atoms with Crippen LogP contribution in [0.25, 0.3) is 0 Å². The molecule has 134 valence electrons. The van der Waals surface area contributed by atoms with E-state index in [0.29, 0.717) is 15.1 Å². The molecule has 0 aliphatic carbocycles. The number of aromatic hydroxyl groups is 1. The van der Waals surface area contributed by atoms with Gasteiger partial charge >= 0.3 is 5.97 Å². The molecule has 0 saturated heterocycles. The number of nitrogens with one attached hydrogen (secondary N) is 1. The van der Waals surface area contributed by atoms with Gasteiger partial charge in [0.15, 0.2) is 0 Å². The predicted octanol–water partition coefficient (Wildman–Crippen LogP) is 4.68. The number of hydrogen-bond donors (Lipinski definition) is 3. The predicted molar refractivity (Wildman–Crippen MR) is 100 cm³/mol. The average Bonchev–Trinajstić information content (AvgIpc) is 2.57. The molecule has 0 heterocycles. The maximum Gasteiger partial charge on any atom is 0.305 e. The summed E-state index contributed by atoms with van der Waals surface area (Å²) in [5.74, 6) is -0.255. The minimum absolute atomic E-state index is 0.0231. The fourth-order valence-corrected chi connectivity index (χ4v) is 3.41. The number of phenolic OH excluding ortho intramolecular Hbond substituents is 1. The summed E-state index contributed by atoms with van der Waals surface area (Å²) in [6.45, 7) is 1.92. The Balaban J connectivity index is 2.29. The van der Waals surface area contributed by atoms with Crippen molar-refractivity contribution in [3.05, 3.63) is 57.0 Å². The lowest BCUT2D eigenvalue weighted by Gasteiger charge is -2.24. The van der Waals surface area contributed by atoms with E-state index < -0.39 is 12.0 Å². The third-order valence-corrected chi connectivity index (χ3v) is 4.70. The number of carboxylic acids is 1. The van der Waals surface area contributed by atoms with E-state index in [1.807, 2.05) is 31.2 Å². The topological polar surface area (TPSA) is 78.8 Å². The molecule has 2 aromatic carbocycles. The molecular formula is C18H19BrClNO4. The van der Waals surface area contributed by atoms with Crippen molar-refractivity contribution in [2.24, 2.45) is 0 Å². The second kappa shape index (κ2) is 8.56. The van der Waals surface area contributed by atoms with Crippen LogP contribution in [0.4, 0.5) is 0 Å². The molecule has 0 spiro atoms. The van der Waals surface area contributed by atoms with Gasteiger partial charge in [0.05, 0.1) is 18.0 Å². The zero-order chi connectivity index (χ0) is 18.6. The molecule has 3 N–H and O–H groups in total. The molecule has 25 heavy (non-hydrogen) atoms. The Morgan fingerprint density at radius 2 is 1.96 bits per heavy atom. The molecular weight excluding hydrogens is 410 g/mol. The lowest BCUT2D eigenvalue weighted by molar-refractivity contribution is -0.137. The smallest absolute Gasteiger partial charge is 0.305 e. The van der Waals surface area contributed by atoms with Crippen LogP contribution in [0.3, 0.4) is 0 Å². The summed E-state index contributed by atoms with van der Waals surface area (Å²) in [6, 6.07) is 9.87. The molecule has 0 unspecified atom stereocenters. The number of phenols is 1. The van der Waals surface area contributed by atoms with Gasteiger partial charge in [0.1, 0.15) is 11.5 Å². The van der Waals surface area contributed by atoms with Crippen LogP contribution >= 0.6 is 27.5 Å². The van der Waals surface area contributed by atoms with Gasteiger partial charge in [0, 0.05) is 22.7 Å². The summed E-state index contributed by atoms with van der Waals surface area (Å²) < 4.78 is 5.56. The second-order valence-electron chi connectivity index (χ2n) is 5.64. The van der Waals surface area contributed by atoms with E-state index in [1.165, 1.54) is 0 Å². The Morgan fingerprint density at radius 3 is 2.52 bits per heavy atom. The van der Waals surface area contributed by atoms with Gasteiger partial charge in [-0.3, -0.25) is 4.79 Å². The fraction of sp³-hybridized carbons (Fsp3) is 0.278. The summed E-state index contributed by atoms with van der Waals surface area (Å²) in [4.78, 5) is 11.3. The van der Waals surface area contributed by atoms with Crippen molar-refractivity contribution in [1.82, 2.24) is 5.32 Å². The summed E-state index contributed by atoms with van der Waals surface area (Å²) in [5, 5.41) is 23.2. The van der Waals surface area contributed by atoms with Gasteiger partial charge in [-0.15, -0.1) is 0 Å². The van der Waals surface area contributed by atoms with Crippen LogP contribution in [0.1, 0.15) is 36.6 Å². The zero-order valence-corrected chi connectivity index (χ0v) is 16.1. The van der Waals surface area contributed by atoms with Gasteiger partial charge in [0.25, 0.3) is 0 Å².